The maximum Gasteiger partial charge on any atom is 0.249 e. The lowest BCUT2D eigenvalue weighted by atomic mass is 10.1. The molecule has 92 valence electrons. The van der Waals surface area contributed by atoms with E-state index in [2.05, 4.69) is 9.97 Å². The van der Waals surface area contributed by atoms with Crippen LogP contribution in [0.25, 0.3) is 0 Å². The van der Waals surface area contributed by atoms with Gasteiger partial charge in [-0.2, -0.15) is 0 Å². The van der Waals surface area contributed by atoms with Crippen LogP contribution < -0.4 is 0 Å². The summed E-state index contributed by atoms with van der Waals surface area (Å²) in [5, 5.41) is 0.355. The van der Waals surface area contributed by atoms with Crippen LogP contribution in [0.1, 0.15) is 24.6 Å². The van der Waals surface area contributed by atoms with Crippen molar-refractivity contribution in [2.24, 2.45) is 0 Å². The largest absolute Gasteiger partial charge is 0.375 e. The molecule has 1 unspecified atom stereocenters. The van der Waals surface area contributed by atoms with Crippen molar-refractivity contribution in [3.63, 3.8) is 0 Å². The highest BCUT2D eigenvalue weighted by Crippen LogP contribution is 2.30. The lowest BCUT2D eigenvalue weighted by molar-refractivity contribution is -0.136. The van der Waals surface area contributed by atoms with Gasteiger partial charge in [0.1, 0.15) is 11.8 Å². The molecule has 1 aromatic heterocycles. The van der Waals surface area contributed by atoms with Crippen molar-refractivity contribution in [2.75, 3.05) is 20.3 Å². The van der Waals surface area contributed by atoms with Gasteiger partial charge >= 0.3 is 0 Å². The predicted molar refractivity (Wildman–Crippen MR) is 62.6 cm³/mol. The number of methoxy groups -OCH3 is 1. The molecule has 1 aliphatic rings. The molecule has 0 spiro atoms. The molecule has 0 radical (unpaired) electrons. The third-order valence-electron chi connectivity index (χ3n) is 2.81. The van der Waals surface area contributed by atoms with E-state index in [1.165, 1.54) is 13.3 Å². The minimum Gasteiger partial charge on any atom is -0.375 e. The molecule has 0 bridgehead atoms. The van der Waals surface area contributed by atoms with Crippen LogP contribution in [0, 0.1) is 0 Å². The average molecular weight is 256 g/mol. The molecule has 0 aliphatic carbocycles. The van der Waals surface area contributed by atoms with Crippen LogP contribution in [0.4, 0.5) is 0 Å². The Labute approximate surface area is 105 Å². The first kappa shape index (κ1) is 12.3. The van der Waals surface area contributed by atoms with Crippen LogP contribution >= 0.6 is 11.6 Å². The van der Waals surface area contributed by atoms with E-state index in [0.717, 1.165) is 25.1 Å². The smallest absolute Gasteiger partial charge is 0.249 e. The quantitative estimate of drug-likeness (QED) is 0.820. The normalized spacial score (nSPS) is 19.6. The molecule has 5 nitrogen and oxygen atoms in total. The van der Waals surface area contributed by atoms with Crippen molar-refractivity contribution in [1.29, 1.82) is 0 Å². The molecule has 1 amide bonds. The summed E-state index contributed by atoms with van der Waals surface area (Å²) in [5.41, 5.74) is 0.749. The molecule has 2 rings (SSSR count). The number of halogens is 1. The van der Waals surface area contributed by atoms with E-state index in [9.17, 15) is 4.79 Å². The van der Waals surface area contributed by atoms with Crippen molar-refractivity contribution >= 4 is 17.5 Å². The summed E-state index contributed by atoms with van der Waals surface area (Å²) in [6, 6.07) is -0.0242. The summed E-state index contributed by atoms with van der Waals surface area (Å²) in [7, 11) is 1.52. The number of rotatable bonds is 3. The first-order chi connectivity index (χ1) is 8.22. The number of amides is 1. The Morgan fingerprint density at radius 2 is 2.47 bits per heavy atom. The van der Waals surface area contributed by atoms with Gasteiger partial charge in [-0.1, -0.05) is 11.6 Å². The predicted octanol–water partition coefficient (Wildman–Crippen LogP) is 1.44. The van der Waals surface area contributed by atoms with Crippen LogP contribution in [0.3, 0.4) is 0 Å². The van der Waals surface area contributed by atoms with Crippen molar-refractivity contribution in [2.45, 2.75) is 18.9 Å². The first-order valence-electron chi connectivity index (χ1n) is 5.48. The van der Waals surface area contributed by atoms with Gasteiger partial charge in [0.05, 0.1) is 24.1 Å². The minimum atomic E-state index is -0.0242. The first-order valence-corrected chi connectivity index (χ1v) is 5.86. The van der Waals surface area contributed by atoms with Gasteiger partial charge in [0.2, 0.25) is 5.91 Å². The molecule has 2 heterocycles. The van der Waals surface area contributed by atoms with E-state index in [4.69, 9.17) is 16.3 Å². The van der Waals surface area contributed by atoms with E-state index in [-0.39, 0.29) is 18.6 Å². The number of likely N-dealkylation sites (tertiary alicyclic amines) is 1. The maximum absolute atomic E-state index is 11.8. The lowest BCUT2D eigenvalue weighted by Gasteiger charge is -2.23. The van der Waals surface area contributed by atoms with Crippen LogP contribution in [0.2, 0.25) is 5.15 Å². The Bertz CT molecular complexity index is 413. The summed E-state index contributed by atoms with van der Waals surface area (Å²) in [6.45, 7) is 0.839. The van der Waals surface area contributed by atoms with E-state index in [0.29, 0.717) is 5.15 Å². The molecule has 1 aliphatic heterocycles. The monoisotopic (exact) mass is 255 g/mol. The summed E-state index contributed by atoms with van der Waals surface area (Å²) < 4.78 is 4.87. The minimum absolute atomic E-state index is 0.0169. The number of ether oxygens (including phenoxy) is 1. The summed E-state index contributed by atoms with van der Waals surface area (Å²) in [6.07, 6.45) is 5.01. The third kappa shape index (κ3) is 2.73. The molecule has 1 atom stereocenters. The highest BCUT2D eigenvalue weighted by atomic mass is 35.5. The van der Waals surface area contributed by atoms with E-state index in [1.54, 1.807) is 11.1 Å². The number of hydrogen-bond donors (Lipinski definition) is 0. The van der Waals surface area contributed by atoms with Crippen molar-refractivity contribution in [3.8, 4) is 0 Å². The van der Waals surface area contributed by atoms with Crippen LogP contribution in [-0.4, -0.2) is 41.0 Å². The standard InChI is InChI=1S/C11H14ClN3O2/c1-17-7-11(16)15-4-2-3-9(15)8-5-13-6-10(12)14-8/h5-6,9H,2-4,7H2,1H3. The Morgan fingerprint density at radius 3 is 3.18 bits per heavy atom. The van der Waals surface area contributed by atoms with Gasteiger partial charge in [-0.25, -0.2) is 4.98 Å². The molecule has 1 saturated heterocycles. The van der Waals surface area contributed by atoms with Gasteiger partial charge in [-0.3, -0.25) is 9.78 Å². The van der Waals surface area contributed by atoms with Gasteiger partial charge < -0.3 is 9.64 Å². The molecular formula is C11H14ClN3O2. The topological polar surface area (TPSA) is 55.3 Å². The number of hydrogen-bond acceptors (Lipinski definition) is 4. The molecular weight excluding hydrogens is 242 g/mol. The summed E-state index contributed by atoms with van der Waals surface area (Å²) in [4.78, 5) is 21.8. The molecule has 0 saturated carbocycles. The number of carbonyl (C=O) groups is 1. The van der Waals surface area contributed by atoms with Crippen molar-refractivity contribution < 1.29 is 9.53 Å². The molecule has 1 aromatic rings. The molecule has 6 heteroatoms. The SMILES string of the molecule is COCC(=O)N1CCCC1c1cncc(Cl)n1. The van der Waals surface area contributed by atoms with Gasteiger partial charge in [0.25, 0.3) is 0 Å². The number of aromatic nitrogens is 2. The van der Waals surface area contributed by atoms with E-state index < -0.39 is 0 Å². The van der Waals surface area contributed by atoms with Crippen LogP contribution in [0.5, 0.6) is 0 Å². The van der Waals surface area contributed by atoms with Crippen LogP contribution in [-0.2, 0) is 9.53 Å². The zero-order valence-corrected chi connectivity index (χ0v) is 10.4. The Hall–Kier alpha value is -1.20. The summed E-state index contributed by atoms with van der Waals surface area (Å²) in [5.74, 6) is -0.0169. The van der Waals surface area contributed by atoms with Gasteiger partial charge in [-0.15, -0.1) is 0 Å². The number of nitrogens with zero attached hydrogens (tertiary/aromatic N) is 3. The third-order valence-corrected chi connectivity index (χ3v) is 2.99. The highest BCUT2D eigenvalue weighted by Gasteiger charge is 2.30. The molecule has 1 fully saturated rings. The second-order valence-electron chi connectivity index (χ2n) is 3.94. The second-order valence-corrected chi connectivity index (χ2v) is 4.33. The zero-order valence-electron chi connectivity index (χ0n) is 9.60. The van der Waals surface area contributed by atoms with Gasteiger partial charge in [-0.05, 0) is 12.8 Å². The van der Waals surface area contributed by atoms with Crippen molar-refractivity contribution in [3.05, 3.63) is 23.2 Å². The molecule has 17 heavy (non-hydrogen) atoms. The lowest BCUT2D eigenvalue weighted by Crippen LogP contribution is -2.33. The fourth-order valence-corrected chi connectivity index (χ4v) is 2.25. The van der Waals surface area contributed by atoms with Gasteiger partial charge in [0, 0.05) is 13.7 Å². The van der Waals surface area contributed by atoms with E-state index >= 15 is 0 Å². The zero-order chi connectivity index (χ0) is 12.3. The van der Waals surface area contributed by atoms with E-state index in [1.807, 2.05) is 0 Å². The van der Waals surface area contributed by atoms with Crippen LogP contribution in [0.15, 0.2) is 12.4 Å². The number of carbonyl (C=O) groups excluding carboxylic acids is 1. The second kappa shape index (κ2) is 5.42. The summed E-state index contributed by atoms with van der Waals surface area (Å²) >= 11 is 5.81. The van der Waals surface area contributed by atoms with Gasteiger partial charge in [0.15, 0.2) is 0 Å². The molecule has 0 N–H and O–H groups in total. The fraction of sp³-hybridized carbons (Fsp3) is 0.545. The fourth-order valence-electron chi connectivity index (χ4n) is 2.10. The Balaban J connectivity index is 2.17. The maximum atomic E-state index is 11.8. The highest BCUT2D eigenvalue weighted by molar-refractivity contribution is 6.29. The van der Waals surface area contributed by atoms with Crippen molar-refractivity contribution in [1.82, 2.24) is 14.9 Å². The molecule has 0 aromatic carbocycles. The average Bonchev–Trinajstić information content (AvgIpc) is 2.78. The Morgan fingerprint density at radius 1 is 1.65 bits per heavy atom. The Kier molecular flexibility index (Phi) is 3.91.